The normalized spacial score (nSPS) is 14.9. The van der Waals surface area contributed by atoms with Crippen molar-refractivity contribution in [3.8, 4) is 0 Å². The zero-order chi connectivity index (χ0) is 28.2. The van der Waals surface area contributed by atoms with E-state index >= 15 is 0 Å². The molecule has 0 saturated carbocycles. The van der Waals surface area contributed by atoms with Gasteiger partial charge >= 0.3 is 0 Å². The number of benzene rings is 2. The van der Waals surface area contributed by atoms with Gasteiger partial charge in [0.25, 0.3) is 5.91 Å². The largest absolute Gasteiger partial charge is 0.379 e. The van der Waals surface area contributed by atoms with Crippen LogP contribution in [-0.4, -0.2) is 72.6 Å². The van der Waals surface area contributed by atoms with E-state index in [0.29, 0.717) is 73.1 Å². The van der Waals surface area contributed by atoms with Crippen molar-refractivity contribution in [3.63, 3.8) is 0 Å². The van der Waals surface area contributed by atoms with Crippen LogP contribution < -0.4 is 15.5 Å². The zero-order valence-corrected chi connectivity index (χ0v) is 24.0. The zero-order valence-electron chi connectivity index (χ0n) is 23.1. The first kappa shape index (κ1) is 29.0. The lowest BCUT2D eigenvalue weighted by Gasteiger charge is -2.43. The van der Waals surface area contributed by atoms with Crippen LogP contribution in [0.3, 0.4) is 0 Å². The molecule has 1 aliphatic rings. The molecule has 0 aliphatic carbocycles. The molecule has 1 amide bonds. The van der Waals surface area contributed by atoms with E-state index < -0.39 is 21.9 Å². The van der Waals surface area contributed by atoms with Gasteiger partial charge in [0.15, 0.2) is 0 Å². The number of nitrogens with one attached hydrogen (secondary N) is 2. The summed E-state index contributed by atoms with van der Waals surface area (Å²) in [7, 11) is -1.29. The highest BCUT2D eigenvalue weighted by atomic mass is 32.3. The second kappa shape index (κ2) is 12.0. The quantitative estimate of drug-likeness (QED) is 0.360. The van der Waals surface area contributed by atoms with Crippen molar-refractivity contribution in [1.29, 1.82) is 0 Å². The summed E-state index contributed by atoms with van der Waals surface area (Å²) in [6.45, 7) is 9.94. The van der Waals surface area contributed by atoms with Gasteiger partial charge in [-0.3, -0.25) is 9.78 Å². The number of halogens is 2. The Morgan fingerprint density at radius 2 is 1.79 bits per heavy atom. The summed E-state index contributed by atoms with van der Waals surface area (Å²) < 4.78 is 39.1. The van der Waals surface area contributed by atoms with Gasteiger partial charge in [-0.1, -0.05) is 20.8 Å². The molecule has 4 rings (SSSR count). The van der Waals surface area contributed by atoms with Gasteiger partial charge in [0.2, 0.25) is 0 Å². The van der Waals surface area contributed by atoms with Gasteiger partial charge in [-0.15, -0.1) is 10.3 Å². The Bertz CT molecular complexity index is 1310. The van der Waals surface area contributed by atoms with Crippen LogP contribution >= 0.6 is 10.3 Å². The molecular weight excluding hydrogens is 524 g/mol. The SMILES string of the molecule is CC(C)(C)S(C)(C)OCCNC(=O)c1cc(NCc2cc(F)cc(F)c2)c2nc(N3CCOCC3)cnc2c1. The molecule has 0 bridgehead atoms. The molecule has 212 valence electrons. The third-order valence-electron chi connectivity index (χ3n) is 6.88. The van der Waals surface area contributed by atoms with Gasteiger partial charge in [0, 0.05) is 42.6 Å². The summed E-state index contributed by atoms with van der Waals surface area (Å²) in [5.41, 5.74) is 2.45. The standard InChI is InChI=1S/C28H37F2N5O3S/c1-28(2,3)39(4,5)38-9-6-31-27(36)20-14-23(32-17-19-12-21(29)16-22(30)13-19)26-24(15-20)33-18-25(34-26)35-7-10-37-11-8-35/h12-16,18,32H,6-11,17H2,1-5H3,(H,31,36). The summed E-state index contributed by atoms with van der Waals surface area (Å²) >= 11 is 0. The second-order valence-electron chi connectivity index (χ2n) is 10.8. The van der Waals surface area contributed by atoms with Crippen molar-refractivity contribution in [3.05, 3.63) is 59.3 Å². The highest BCUT2D eigenvalue weighted by Crippen LogP contribution is 2.53. The monoisotopic (exact) mass is 561 g/mol. The maximum atomic E-state index is 13.8. The molecule has 1 fully saturated rings. The van der Waals surface area contributed by atoms with Crippen molar-refractivity contribution >= 4 is 38.8 Å². The van der Waals surface area contributed by atoms with Gasteiger partial charge in [0.1, 0.15) is 23.0 Å². The van der Waals surface area contributed by atoms with Crippen LogP contribution in [0.4, 0.5) is 20.3 Å². The first-order valence-electron chi connectivity index (χ1n) is 12.9. The Morgan fingerprint density at radius 3 is 2.46 bits per heavy atom. The fraction of sp³-hybridized carbons (Fsp3) is 0.464. The number of ether oxygens (including phenoxy) is 1. The maximum Gasteiger partial charge on any atom is 0.251 e. The lowest BCUT2D eigenvalue weighted by atomic mass is 10.1. The molecule has 2 N–H and O–H groups in total. The average Bonchev–Trinajstić information content (AvgIpc) is 2.88. The molecule has 1 saturated heterocycles. The number of anilines is 2. The van der Waals surface area contributed by atoms with E-state index in [9.17, 15) is 13.6 Å². The minimum Gasteiger partial charge on any atom is -0.379 e. The lowest BCUT2D eigenvalue weighted by Crippen LogP contribution is -2.36. The Balaban J connectivity index is 1.56. The van der Waals surface area contributed by atoms with E-state index in [4.69, 9.17) is 13.9 Å². The van der Waals surface area contributed by atoms with Crippen molar-refractivity contribution < 1.29 is 22.5 Å². The van der Waals surface area contributed by atoms with Crippen LogP contribution in [0.1, 0.15) is 36.7 Å². The highest BCUT2D eigenvalue weighted by molar-refractivity contribution is 8.29. The number of hydrogen-bond acceptors (Lipinski definition) is 7. The number of rotatable bonds is 9. The van der Waals surface area contributed by atoms with E-state index in [1.807, 2.05) is 0 Å². The van der Waals surface area contributed by atoms with Crippen molar-refractivity contribution in [1.82, 2.24) is 15.3 Å². The third kappa shape index (κ3) is 7.34. The number of hydrogen-bond donors (Lipinski definition) is 2. The molecule has 8 nitrogen and oxygen atoms in total. The molecule has 39 heavy (non-hydrogen) atoms. The first-order valence-corrected chi connectivity index (χ1v) is 15.3. The predicted octanol–water partition coefficient (Wildman–Crippen LogP) is 4.88. The third-order valence-corrected chi connectivity index (χ3v) is 10.6. The Labute approximate surface area is 230 Å². The number of carbonyl (C=O) groups is 1. The number of aromatic nitrogens is 2. The summed E-state index contributed by atoms with van der Waals surface area (Å²) in [5.74, 6) is -0.886. The fourth-order valence-electron chi connectivity index (χ4n) is 3.92. The second-order valence-corrected chi connectivity index (χ2v) is 14.7. The highest BCUT2D eigenvalue weighted by Gasteiger charge is 2.28. The predicted molar refractivity (Wildman–Crippen MR) is 154 cm³/mol. The van der Waals surface area contributed by atoms with Crippen LogP contribution in [0.5, 0.6) is 0 Å². The summed E-state index contributed by atoms with van der Waals surface area (Å²) in [6.07, 6.45) is 5.92. The van der Waals surface area contributed by atoms with E-state index in [2.05, 4.69) is 53.8 Å². The van der Waals surface area contributed by atoms with Crippen LogP contribution in [0, 0.1) is 11.6 Å². The van der Waals surface area contributed by atoms with Crippen LogP contribution in [0.2, 0.25) is 0 Å². The maximum absolute atomic E-state index is 13.8. The molecule has 2 heterocycles. The first-order chi connectivity index (χ1) is 18.4. The molecule has 11 heteroatoms. The van der Waals surface area contributed by atoms with Crippen LogP contribution in [0.25, 0.3) is 11.0 Å². The summed E-state index contributed by atoms with van der Waals surface area (Å²) in [5, 5.41) is 6.13. The molecule has 2 aromatic carbocycles. The summed E-state index contributed by atoms with van der Waals surface area (Å²) in [6, 6.07) is 6.74. The molecule has 1 aliphatic heterocycles. The molecule has 1 aromatic heterocycles. The molecule has 0 atom stereocenters. The van der Waals surface area contributed by atoms with Crippen molar-refractivity contribution in [2.45, 2.75) is 32.1 Å². The van der Waals surface area contributed by atoms with E-state index in [1.165, 1.54) is 12.1 Å². The van der Waals surface area contributed by atoms with Crippen LogP contribution in [0.15, 0.2) is 36.5 Å². The average molecular weight is 562 g/mol. The minimum atomic E-state index is -1.29. The fourth-order valence-corrected chi connectivity index (χ4v) is 4.77. The molecule has 3 aromatic rings. The minimum absolute atomic E-state index is 0.0270. The Morgan fingerprint density at radius 1 is 1.10 bits per heavy atom. The smallest absolute Gasteiger partial charge is 0.251 e. The van der Waals surface area contributed by atoms with Gasteiger partial charge < -0.3 is 24.5 Å². The van der Waals surface area contributed by atoms with Crippen LogP contribution in [-0.2, 0) is 15.5 Å². The number of morpholine rings is 1. The number of carbonyl (C=O) groups excluding carboxylic acids is 1. The topological polar surface area (TPSA) is 88.6 Å². The lowest BCUT2D eigenvalue weighted by molar-refractivity contribution is 0.0948. The molecule has 0 unspecified atom stereocenters. The van der Waals surface area contributed by atoms with E-state index in [-0.39, 0.29) is 17.2 Å². The van der Waals surface area contributed by atoms with Crippen molar-refractivity contribution in [2.75, 3.05) is 62.2 Å². The van der Waals surface area contributed by atoms with Gasteiger partial charge in [-0.25, -0.2) is 13.8 Å². The number of fused-ring (bicyclic) bond motifs is 1. The van der Waals surface area contributed by atoms with Gasteiger partial charge in [0.05, 0.1) is 37.2 Å². The van der Waals surface area contributed by atoms with Gasteiger partial charge in [-0.2, -0.15) is 0 Å². The van der Waals surface area contributed by atoms with Crippen molar-refractivity contribution in [2.24, 2.45) is 0 Å². The molecular formula is C28H37F2N5O3S. The number of amides is 1. The molecule has 0 radical (unpaired) electrons. The van der Waals surface area contributed by atoms with Gasteiger partial charge in [-0.05, 0) is 42.3 Å². The van der Waals surface area contributed by atoms with E-state index in [0.717, 1.165) is 6.07 Å². The Kier molecular flexibility index (Phi) is 8.93. The molecule has 0 spiro atoms. The Hall–Kier alpha value is -3.02. The summed E-state index contributed by atoms with van der Waals surface area (Å²) in [4.78, 5) is 24.6. The number of nitrogens with zero attached hydrogens (tertiary/aromatic N) is 3. The van der Waals surface area contributed by atoms with E-state index in [1.54, 1.807) is 18.3 Å².